The van der Waals surface area contributed by atoms with Crippen LogP contribution in [0.2, 0.25) is 25.7 Å². The van der Waals surface area contributed by atoms with E-state index in [1.165, 1.54) is 0 Å². The molecule has 0 saturated heterocycles. The SMILES string of the molecule is CCN1c2ccc(Br)cc2C(=O)N(COCC[Si](C)(C)C)c2cc(C)ccc21. The molecule has 1 aliphatic rings. The fourth-order valence-electron chi connectivity index (χ4n) is 3.38. The monoisotopic (exact) mass is 460 g/mol. The number of rotatable bonds is 6. The van der Waals surface area contributed by atoms with Crippen LogP contribution in [0.3, 0.4) is 0 Å². The first-order valence-corrected chi connectivity index (χ1v) is 14.3. The average molecular weight is 461 g/mol. The minimum Gasteiger partial charge on any atom is -0.361 e. The molecular weight excluding hydrogens is 432 g/mol. The van der Waals surface area contributed by atoms with Gasteiger partial charge in [0.2, 0.25) is 0 Å². The highest BCUT2D eigenvalue weighted by Crippen LogP contribution is 2.41. The lowest BCUT2D eigenvalue weighted by atomic mass is 10.1. The van der Waals surface area contributed by atoms with Crippen LogP contribution in [0, 0.1) is 6.92 Å². The summed E-state index contributed by atoms with van der Waals surface area (Å²) in [7, 11) is -1.18. The number of benzene rings is 2. The number of hydrogen-bond donors (Lipinski definition) is 0. The Morgan fingerprint density at radius 2 is 1.71 bits per heavy atom. The van der Waals surface area contributed by atoms with Crippen molar-refractivity contribution < 1.29 is 9.53 Å². The molecular formula is C22H29BrN2O2Si. The summed E-state index contributed by atoms with van der Waals surface area (Å²) in [5.74, 6) is -0.0212. The van der Waals surface area contributed by atoms with Gasteiger partial charge in [-0.1, -0.05) is 41.6 Å². The predicted octanol–water partition coefficient (Wildman–Crippen LogP) is 6.19. The van der Waals surface area contributed by atoms with Gasteiger partial charge >= 0.3 is 0 Å². The van der Waals surface area contributed by atoms with Gasteiger partial charge in [0.15, 0.2) is 0 Å². The third-order valence-corrected chi connectivity index (χ3v) is 7.17. The number of halogens is 1. The van der Waals surface area contributed by atoms with Crippen LogP contribution in [0.5, 0.6) is 0 Å². The maximum absolute atomic E-state index is 13.5. The molecule has 0 saturated carbocycles. The van der Waals surface area contributed by atoms with Crippen LogP contribution in [0.25, 0.3) is 0 Å². The van der Waals surface area contributed by atoms with E-state index in [-0.39, 0.29) is 12.6 Å². The molecule has 3 rings (SSSR count). The number of carbonyl (C=O) groups excluding carboxylic acids is 1. The van der Waals surface area contributed by atoms with Gasteiger partial charge < -0.3 is 9.64 Å². The maximum Gasteiger partial charge on any atom is 0.262 e. The normalized spacial score (nSPS) is 14.0. The largest absolute Gasteiger partial charge is 0.361 e. The Morgan fingerprint density at radius 1 is 1.00 bits per heavy atom. The fourth-order valence-corrected chi connectivity index (χ4v) is 4.50. The van der Waals surface area contributed by atoms with Crippen molar-refractivity contribution in [2.75, 3.05) is 29.7 Å². The van der Waals surface area contributed by atoms with Gasteiger partial charge in [0, 0.05) is 25.7 Å². The van der Waals surface area contributed by atoms with Crippen LogP contribution in [-0.2, 0) is 4.74 Å². The van der Waals surface area contributed by atoms with Gasteiger partial charge in [-0.2, -0.15) is 0 Å². The summed E-state index contributed by atoms with van der Waals surface area (Å²) in [6, 6.07) is 13.3. The lowest BCUT2D eigenvalue weighted by Gasteiger charge is -2.27. The summed E-state index contributed by atoms with van der Waals surface area (Å²) in [5, 5.41) is 0. The molecule has 1 aliphatic heterocycles. The summed E-state index contributed by atoms with van der Waals surface area (Å²) in [4.78, 5) is 17.5. The molecule has 0 atom stereocenters. The average Bonchev–Trinajstić information content (AvgIpc) is 2.71. The molecule has 6 heteroatoms. The molecule has 0 bridgehead atoms. The van der Waals surface area contributed by atoms with Crippen LogP contribution in [0.1, 0.15) is 22.8 Å². The van der Waals surface area contributed by atoms with Crippen LogP contribution in [0.15, 0.2) is 40.9 Å². The lowest BCUT2D eigenvalue weighted by molar-refractivity contribution is 0.0902. The summed E-state index contributed by atoms with van der Waals surface area (Å²) in [5.41, 5.74) is 4.70. The summed E-state index contributed by atoms with van der Waals surface area (Å²) in [6.07, 6.45) is 0. The highest BCUT2D eigenvalue weighted by atomic mass is 79.9. The van der Waals surface area contributed by atoms with E-state index in [0.717, 1.165) is 39.7 Å². The first-order valence-electron chi connectivity index (χ1n) is 9.78. The van der Waals surface area contributed by atoms with Gasteiger partial charge in [-0.3, -0.25) is 9.69 Å². The van der Waals surface area contributed by atoms with Crippen molar-refractivity contribution in [1.82, 2.24) is 0 Å². The Labute approximate surface area is 177 Å². The van der Waals surface area contributed by atoms with Gasteiger partial charge in [0.05, 0.1) is 22.6 Å². The molecule has 4 nitrogen and oxygen atoms in total. The second-order valence-electron chi connectivity index (χ2n) is 8.48. The molecule has 1 amide bonds. The second-order valence-corrected chi connectivity index (χ2v) is 15.0. The summed E-state index contributed by atoms with van der Waals surface area (Å²) in [6.45, 7) is 12.9. The Kier molecular flexibility index (Phi) is 6.32. The number of nitrogens with zero attached hydrogens (tertiary/aromatic N) is 2. The molecule has 0 unspecified atom stereocenters. The van der Waals surface area contributed by atoms with Crippen molar-refractivity contribution in [1.29, 1.82) is 0 Å². The molecule has 0 spiro atoms. The maximum atomic E-state index is 13.5. The van der Waals surface area contributed by atoms with Crippen molar-refractivity contribution in [3.05, 3.63) is 52.0 Å². The van der Waals surface area contributed by atoms with E-state index in [0.29, 0.717) is 12.2 Å². The van der Waals surface area contributed by atoms with Crippen LogP contribution >= 0.6 is 15.9 Å². The Balaban J connectivity index is 2.02. The van der Waals surface area contributed by atoms with Gasteiger partial charge in [0.25, 0.3) is 5.91 Å². The fraction of sp³-hybridized carbons (Fsp3) is 0.409. The highest BCUT2D eigenvalue weighted by molar-refractivity contribution is 9.10. The van der Waals surface area contributed by atoms with Crippen LogP contribution in [-0.4, -0.2) is 33.9 Å². The Bertz CT molecular complexity index is 879. The van der Waals surface area contributed by atoms with Crippen molar-refractivity contribution in [2.45, 2.75) is 39.5 Å². The predicted molar refractivity (Wildman–Crippen MR) is 124 cm³/mol. The van der Waals surface area contributed by atoms with E-state index in [9.17, 15) is 4.79 Å². The van der Waals surface area contributed by atoms with Crippen molar-refractivity contribution in [2.24, 2.45) is 0 Å². The second kappa shape index (κ2) is 8.39. The molecule has 0 N–H and O–H groups in total. The van der Waals surface area contributed by atoms with Gasteiger partial charge in [-0.15, -0.1) is 0 Å². The van der Waals surface area contributed by atoms with E-state index in [4.69, 9.17) is 4.74 Å². The lowest BCUT2D eigenvalue weighted by Crippen LogP contribution is -2.33. The van der Waals surface area contributed by atoms with Gasteiger partial charge in [-0.05, 0) is 55.8 Å². The summed E-state index contributed by atoms with van der Waals surface area (Å²) < 4.78 is 6.90. The molecule has 0 aliphatic carbocycles. The number of hydrogen-bond acceptors (Lipinski definition) is 3. The molecule has 0 fully saturated rings. The van der Waals surface area contributed by atoms with Crippen molar-refractivity contribution in [3.63, 3.8) is 0 Å². The molecule has 0 aromatic heterocycles. The van der Waals surface area contributed by atoms with E-state index in [1.54, 1.807) is 4.90 Å². The molecule has 1 heterocycles. The summed E-state index contributed by atoms with van der Waals surface area (Å²) >= 11 is 3.52. The zero-order valence-corrected chi connectivity index (χ0v) is 20.0. The first kappa shape index (κ1) is 21.1. The molecule has 28 heavy (non-hydrogen) atoms. The Hall–Kier alpha value is -1.63. The molecule has 0 radical (unpaired) electrons. The zero-order chi connectivity index (χ0) is 20.5. The quantitative estimate of drug-likeness (QED) is 0.380. The van der Waals surface area contributed by atoms with Gasteiger partial charge in [-0.25, -0.2) is 0 Å². The van der Waals surface area contributed by atoms with Crippen LogP contribution in [0.4, 0.5) is 17.1 Å². The topological polar surface area (TPSA) is 32.8 Å². The number of fused-ring (bicyclic) bond motifs is 2. The smallest absolute Gasteiger partial charge is 0.262 e. The van der Waals surface area contributed by atoms with Crippen LogP contribution < -0.4 is 9.80 Å². The minimum absolute atomic E-state index is 0.0212. The minimum atomic E-state index is -1.18. The first-order chi connectivity index (χ1) is 13.2. The standard InChI is InChI=1S/C22H29BrN2O2Si/c1-6-24-19-10-8-17(23)14-18(19)22(26)25(15-27-11-12-28(3,4)5)21-13-16(2)7-9-20(21)24/h7-10,13-14H,6,11-12,15H2,1-5H3. The number of ether oxygens (including phenoxy) is 1. The van der Waals surface area contributed by atoms with E-state index >= 15 is 0 Å². The number of carbonyl (C=O) groups is 1. The third kappa shape index (κ3) is 4.50. The van der Waals surface area contributed by atoms with E-state index < -0.39 is 8.07 Å². The van der Waals surface area contributed by atoms with Gasteiger partial charge in [0.1, 0.15) is 6.73 Å². The van der Waals surface area contributed by atoms with Crippen molar-refractivity contribution >= 4 is 47.0 Å². The highest BCUT2D eigenvalue weighted by Gasteiger charge is 2.31. The number of amides is 1. The number of anilines is 3. The molecule has 2 aromatic carbocycles. The van der Waals surface area contributed by atoms with E-state index in [1.807, 2.05) is 18.2 Å². The zero-order valence-electron chi connectivity index (χ0n) is 17.4. The van der Waals surface area contributed by atoms with E-state index in [2.05, 4.69) is 72.5 Å². The Morgan fingerprint density at radius 3 is 2.39 bits per heavy atom. The number of aryl methyl sites for hydroxylation is 1. The molecule has 2 aromatic rings. The molecule has 150 valence electrons. The van der Waals surface area contributed by atoms with Crippen molar-refractivity contribution in [3.8, 4) is 0 Å². The third-order valence-electron chi connectivity index (χ3n) is 4.97.